The molecule has 1 aliphatic carbocycles. The molecule has 2 heterocycles. The average molecular weight is 275 g/mol. The summed E-state index contributed by atoms with van der Waals surface area (Å²) in [6, 6.07) is 4.78. The second-order valence-corrected chi connectivity index (χ2v) is 6.18. The van der Waals surface area contributed by atoms with Crippen LogP contribution in [0.15, 0.2) is 17.6 Å². The van der Waals surface area contributed by atoms with Crippen molar-refractivity contribution >= 4 is 32.9 Å². The molecule has 100 valence electrons. The van der Waals surface area contributed by atoms with E-state index < -0.39 is 0 Å². The van der Waals surface area contributed by atoms with Crippen LogP contribution >= 0.6 is 11.3 Å². The van der Waals surface area contributed by atoms with E-state index in [1.165, 1.54) is 19.3 Å². The number of nitrogens with zero attached hydrogens (tertiary/aromatic N) is 2. The molecule has 2 N–H and O–H groups in total. The minimum absolute atomic E-state index is 0.388. The predicted molar refractivity (Wildman–Crippen MR) is 78.8 cm³/mol. The fourth-order valence-corrected chi connectivity index (χ4v) is 4.11. The third-order valence-electron chi connectivity index (χ3n) is 4.31. The zero-order valence-electron chi connectivity index (χ0n) is 10.7. The number of anilines is 2. The van der Waals surface area contributed by atoms with Gasteiger partial charge in [-0.05, 0) is 31.4 Å². The van der Waals surface area contributed by atoms with Gasteiger partial charge in [0.05, 0.1) is 40.3 Å². The van der Waals surface area contributed by atoms with Crippen molar-refractivity contribution in [2.75, 3.05) is 23.8 Å². The van der Waals surface area contributed by atoms with Gasteiger partial charge >= 0.3 is 0 Å². The number of thiazole rings is 1. The summed E-state index contributed by atoms with van der Waals surface area (Å²) >= 11 is 1.64. The molecule has 1 aromatic heterocycles. The zero-order valence-corrected chi connectivity index (χ0v) is 11.5. The lowest BCUT2D eigenvalue weighted by atomic mass is 10.1. The second-order valence-electron chi connectivity index (χ2n) is 5.30. The number of rotatable bonds is 1. The molecule has 19 heavy (non-hydrogen) atoms. The van der Waals surface area contributed by atoms with E-state index in [1.807, 2.05) is 5.51 Å². The monoisotopic (exact) mass is 275 g/mol. The van der Waals surface area contributed by atoms with Crippen molar-refractivity contribution in [3.63, 3.8) is 0 Å². The Morgan fingerprint density at radius 2 is 2.32 bits per heavy atom. The van der Waals surface area contributed by atoms with E-state index >= 15 is 0 Å². The van der Waals surface area contributed by atoms with E-state index in [1.54, 1.807) is 11.3 Å². The van der Waals surface area contributed by atoms with Gasteiger partial charge in [-0.1, -0.05) is 0 Å². The van der Waals surface area contributed by atoms with Crippen LogP contribution in [0.4, 0.5) is 11.4 Å². The molecule has 0 amide bonds. The number of hydrogen-bond acceptors (Lipinski definition) is 5. The Morgan fingerprint density at radius 1 is 1.37 bits per heavy atom. The number of benzene rings is 1. The zero-order chi connectivity index (χ0) is 12.8. The summed E-state index contributed by atoms with van der Waals surface area (Å²) in [6.07, 6.45) is 4.03. The van der Waals surface area contributed by atoms with Gasteiger partial charge in [-0.3, -0.25) is 0 Å². The van der Waals surface area contributed by atoms with Crippen LogP contribution in [0.3, 0.4) is 0 Å². The first-order valence-corrected chi connectivity index (χ1v) is 7.72. The van der Waals surface area contributed by atoms with Crippen LogP contribution in [-0.4, -0.2) is 30.3 Å². The van der Waals surface area contributed by atoms with Gasteiger partial charge in [0, 0.05) is 6.54 Å². The van der Waals surface area contributed by atoms with E-state index in [9.17, 15) is 0 Å². The van der Waals surface area contributed by atoms with Gasteiger partial charge in [-0.25, -0.2) is 4.98 Å². The number of morpholine rings is 1. The van der Waals surface area contributed by atoms with Gasteiger partial charge in [-0.15, -0.1) is 11.3 Å². The van der Waals surface area contributed by atoms with Crippen LogP contribution in [0.25, 0.3) is 10.2 Å². The van der Waals surface area contributed by atoms with Crippen LogP contribution in [-0.2, 0) is 4.74 Å². The van der Waals surface area contributed by atoms with Crippen molar-refractivity contribution < 1.29 is 4.74 Å². The molecule has 4 rings (SSSR count). The normalized spacial score (nSPS) is 26.8. The van der Waals surface area contributed by atoms with Crippen molar-refractivity contribution in [2.24, 2.45) is 0 Å². The number of fused-ring (bicyclic) bond motifs is 2. The first-order valence-electron chi connectivity index (χ1n) is 6.84. The van der Waals surface area contributed by atoms with E-state index in [0.717, 1.165) is 34.7 Å². The highest BCUT2D eigenvalue weighted by atomic mass is 32.1. The topological polar surface area (TPSA) is 51.4 Å². The summed E-state index contributed by atoms with van der Waals surface area (Å²) in [5.74, 6) is 0. The molecule has 0 radical (unpaired) electrons. The Morgan fingerprint density at radius 3 is 3.26 bits per heavy atom. The van der Waals surface area contributed by atoms with Crippen molar-refractivity contribution in [1.82, 2.24) is 4.98 Å². The van der Waals surface area contributed by atoms with Crippen molar-refractivity contribution in [2.45, 2.75) is 31.4 Å². The lowest BCUT2D eigenvalue weighted by molar-refractivity contribution is 0.0257. The summed E-state index contributed by atoms with van der Waals surface area (Å²) in [6.45, 7) is 1.73. The molecule has 0 spiro atoms. The Hall–Kier alpha value is -1.33. The highest BCUT2D eigenvalue weighted by molar-refractivity contribution is 7.16. The average Bonchev–Trinajstić information content (AvgIpc) is 3.07. The van der Waals surface area contributed by atoms with E-state index in [2.05, 4.69) is 22.0 Å². The van der Waals surface area contributed by atoms with Crippen LogP contribution in [0.5, 0.6) is 0 Å². The van der Waals surface area contributed by atoms with Crippen molar-refractivity contribution in [3.05, 3.63) is 17.6 Å². The Bertz CT molecular complexity index is 612. The Kier molecular flexibility index (Phi) is 2.63. The number of ether oxygens (including phenoxy) is 1. The number of aromatic nitrogens is 1. The minimum atomic E-state index is 0.388. The number of nitrogens with two attached hydrogens (primary N) is 1. The first kappa shape index (κ1) is 11.5. The molecular formula is C14H17N3OS. The summed E-state index contributed by atoms with van der Waals surface area (Å²) < 4.78 is 7.03. The lowest BCUT2D eigenvalue weighted by Crippen LogP contribution is -2.48. The fourth-order valence-electron chi connectivity index (χ4n) is 3.42. The predicted octanol–water partition coefficient (Wildman–Crippen LogP) is 2.64. The highest BCUT2D eigenvalue weighted by Gasteiger charge is 2.36. The van der Waals surface area contributed by atoms with E-state index in [4.69, 9.17) is 10.5 Å². The molecule has 1 saturated heterocycles. The van der Waals surface area contributed by atoms with Crippen LogP contribution in [0, 0.1) is 0 Å². The van der Waals surface area contributed by atoms with Crippen LogP contribution in [0.1, 0.15) is 19.3 Å². The van der Waals surface area contributed by atoms with Gasteiger partial charge in [0.15, 0.2) is 0 Å². The maximum absolute atomic E-state index is 6.34. The molecule has 2 aromatic rings. The van der Waals surface area contributed by atoms with E-state index in [0.29, 0.717) is 12.1 Å². The SMILES string of the molecule is Nc1c(N2CCOC3CCCC32)ccc2scnc12. The maximum Gasteiger partial charge on any atom is 0.106 e. The second kappa shape index (κ2) is 4.35. The van der Waals surface area contributed by atoms with Gasteiger partial charge in [-0.2, -0.15) is 0 Å². The van der Waals surface area contributed by atoms with Gasteiger partial charge in [0.1, 0.15) is 5.52 Å². The van der Waals surface area contributed by atoms with Crippen molar-refractivity contribution in [1.29, 1.82) is 0 Å². The van der Waals surface area contributed by atoms with E-state index in [-0.39, 0.29) is 0 Å². The number of nitrogen functional groups attached to an aromatic ring is 1. The molecule has 2 unspecified atom stereocenters. The molecule has 4 nitrogen and oxygen atoms in total. The van der Waals surface area contributed by atoms with Crippen LogP contribution in [0.2, 0.25) is 0 Å². The third-order valence-corrected chi connectivity index (χ3v) is 5.10. The molecule has 2 aliphatic rings. The fraction of sp³-hybridized carbons (Fsp3) is 0.500. The van der Waals surface area contributed by atoms with Gasteiger partial charge in [0.25, 0.3) is 0 Å². The molecule has 2 atom stereocenters. The summed E-state index contributed by atoms with van der Waals surface area (Å²) in [4.78, 5) is 6.83. The smallest absolute Gasteiger partial charge is 0.106 e. The minimum Gasteiger partial charge on any atom is -0.395 e. The Balaban J connectivity index is 1.78. The molecule has 2 fully saturated rings. The third kappa shape index (κ3) is 1.72. The molecule has 5 heteroatoms. The lowest BCUT2D eigenvalue weighted by Gasteiger charge is -2.39. The molecular weight excluding hydrogens is 258 g/mol. The largest absolute Gasteiger partial charge is 0.395 e. The molecule has 0 bridgehead atoms. The maximum atomic E-state index is 6.34. The summed E-state index contributed by atoms with van der Waals surface area (Å²) in [5.41, 5.74) is 11.1. The van der Waals surface area contributed by atoms with Gasteiger partial charge < -0.3 is 15.4 Å². The number of hydrogen-bond donors (Lipinski definition) is 1. The molecule has 1 aliphatic heterocycles. The summed E-state index contributed by atoms with van der Waals surface area (Å²) in [5, 5.41) is 0. The Labute approximate surface area is 116 Å². The standard InChI is InChI=1S/C14H17N3OS/c15-13-10(4-5-12-14(13)16-8-19-12)17-6-7-18-11-3-1-2-9(11)17/h4-5,8-9,11H,1-3,6-7,15H2. The quantitative estimate of drug-likeness (QED) is 0.813. The summed E-state index contributed by atoms with van der Waals surface area (Å²) in [7, 11) is 0. The highest BCUT2D eigenvalue weighted by Crippen LogP contribution is 2.38. The van der Waals surface area contributed by atoms with Crippen molar-refractivity contribution in [3.8, 4) is 0 Å². The molecule has 1 aromatic carbocycles. The van der Waals surface area contributed by atoms with Crippen LogP contribution < -0.4 is 10.6 Å². The van der Waals surface area contributed by atoms with Gasteiger partial charge in [0.2, 0.25) is 0 Å². The first-order chi connectivity index (χ1) is 9.34. The molecule has 1 saturated carbocycles.